The summed E-state index contributed by atoms with van der Waals surface area (Å²) in [6, 6.07) is 12.4. The third-order valence-electron chi connectivity index (χ3n) is 2.90. The number of halogens is 1. The molecule has 0 aliphatic rings. The van der Waals surface area contributed by atoms with Gasteiger partial charge in [-0.25, -0.2) is 0 Å². The Balaban J connectivity index is 2.46. The fraction of sp³-hybridized carbons (Fsp3) is 0.188. The third-order valence-corrected chi connectivity index (χ3v) is 3.21. The first kappa shape index (κ1) is 14.4. The van der Waals surface area contributed by atoms with Crippen LogP contribution in [0.4, 0.5) is 0 Å². The minimum absolute atomic E-state index is 0.437. The summed E-state index contributed by atoms with van der Waals surface area (Å²) in [4.78, 5) is 0. The van der Waals surface area contributed by atoms with Gasteiger partial charge in [-0.15, -0.1) is 0 Å². The van der Waals surface area contributed by atoms with Crippen molar-refractivity contribution in [3.8, 4) is 17.6 Å². The molecule has 0 fully saturated rings. The molecule has 2 rings (SSSR count). The van der Waals surface area contributed by atoms with E-state index in [0.717, 1.165) is 5.56 Å². The molecular weight excluding hydrogens is 274 g/mol. The van der Waals surface area contributed by atoms with Crippen molar-refractivity contribution in [3.63, 3.8) is 0 Å². The minimum atomic E-state index is -0.693. The van der Waals surface area contributed by atoms with Crippen LogP contribution in [-0.4, -0.2) is 5.11 Å². The van der Waals surface area contributed by atoms with Crippen LogP contribution < -0.4 is 4.74 Å². The van der Waals surface area contributed by atoms with E-state index in [2.05, 4.69) is 6.07 Å². The van der Waals surface area contributed by atoms with Crippen LogP contribution >= 0.6 is 11.6 Å². The lowest BCUT2D eigenvalue weighted by Gasteiger charge is -2.14. The van der Waals surface area contributed by atoms with Crippen molar-refractivity contribution in [3.05, 3.63) is 58.1 Å². The van der Waals surface area contributed by atoms with Crippen molar-refractivity contribution in [2.75, 3.05) is 0 Å². The molecule has 20 heavy (non-hydrogen) atoms. The maximum atomic E-state index is 9.77. The number of hydrogen-bond donors (Lipinski definition) is 1. The predicted molar refractivity (Wildman–Crippen MR) is 78.1 cm³/mol. The third kappa shape index (κ3) is 3.11. The minimum Gasteiger partial charge on any atom is -0.455 e. The Morgan fingerprint density at radius 1 is 1.20 bits per heavy atom. The molecule has 4 heteroatoms. The molecule has 0 radical (unpaired) electrons. The summed E-state index contributed by atoms with van der Waals surface area (Å²) >= 11 is 6.10. The molecule has 0 amide bonds. The van der Waals surface area contributed by atoms with Crippen LogP contribution in [0.5, 0.6) is 11.5 Å². The summed E-state index contributed by atoms with van der Waals surface area (Å²) in [5.74, 6) is 0.940. The lowest BCUT2D eigenvalue weighted by Crippen LogP contribution is -1.97. The molecule has 0 saturated heterocycles. The average molecular weight is 288 g/mol. The quantitative estimate of drug-likeness (QED) is 0.912. The van der Waals surface area contributed by atoms with E-state index in [1.807, 2.05) is 19.1 Å². The number of nitriles is 1. The van der Waals surface area contributed by atoms with Gasteiger partial charge < -0.3 is 9.84 Å². The van der Waals surface area contributed by atoms with Crippen LogP contribution in [0, 0.1) is 18.3 Å². The fourth-order valence-electron chi connectivity index (χ4n) is 1.84. The van der Waals surface area contributed by atoms with Gasteiger partial charge in [0.15, 0.2) is 0 Å². The normalized spacial score (nSPS) is 11.8. The van der Waals surface area contributed by atoms with Crippen molar-refractivity contribution < 1.29 is 9.84 Å². The summed E-state index contributed by atoms with van der Waals surface area (Å²) in [5.41, 5.74) is 2.09. The van der Waals surface area contributed by atoms with E-state index in [9.17, 15) is 5.11 Å². The van der Waals surface area contributed by atoms with Gasteiger partial charge in [0.25, 0.3) is 0 Å². The maximum Gasteiger partial charge on any atom is 0.146 e. The van der Waals surface area contributed by atoms with E-state index < -0.39 is 6.10 Å². The zero-order chi connectivity index (χ0) is 14.7. The standard InChI is InChI=1S/C16H14ClNO2/c1-10-3-6-14(17)16(7-10)20-15-8-12(9-18)4-5-13(15)11(2)19/h3-8,11,19H,1-2H3. The summed E-state index contributed by atoms with van der Waals surface area (Å²) in [6.07, 6.45) is -0.693. The van der Waals surface area contributed by atoms with Gasteiger partial charge in [0.1, 0.15) is 11.5 Å². The van der Waals surface area contributed by atoms with Crippen molar-refractivity contribution in [2.45, 2.75) is 20.0 Å². The second-order valence-electron chi connectivity index (χ2n) is 4.58. The molecule has 0 bridgehead atoms. The van der Waals surface area contributed by atoms with E-state index in [0.29, 0.717) is 27.6 Å². The highest BCUT2D eigenvalue weighted by Crippen LogP contribution is 2.34. The molecule has 0 aliphatic heterocycles. The molecule has 1 N–H and O–H groups in total. The van der Waals surface area contributed by atoms with Crippen LogP contribution in [0.1, 0.15) is 29.7 Å². The highest BCUT2D eigenvalue weighted by molar-refractivity contribution is 6.32. The van der Waals surface area contributed by atoms with E-state index >= 15 is 0 Å². The molecule has 2 aromatic carbocycles. The van der Waals surface area contributed by atoms with E-state index in [1.165, 1.54) is 0 Å². The van der Waals surface area contributed by atoms with E-state index in [1.54, 1.807) is 31.2 Å². The van der Waals surface area contributed by atoms with Gasteiger partial charge in [0.2, 0.25) is 0 Å². The maximum absolute atomic E-state index is 9.77. The molecular formula is C16H14ClNO2. The predicted octanol–water partition coefficient (Wildman–Crippen LogP) is 4.37. The smallest absolute Gasteiger partial charge is 0.146 e. The molecule has 0 spiro atoms. The van der Waals surface area contributed by atoms with Gasteiger partial charge in [0.05, 0.1) is 22.8 Å². The number of aliphatic hydroxyl groups is 1. The fourth-order valence-corrected chi connectivity index (χ4v) is 2.00. The Kier molecular flexibility index (Phi) is 4.29. The summed E-state index contributed by atoms with van der Waals surface area (Å²) in [5, 5.41) is 19.2. The van der Waals surface area contributed by atoms with Gasteiger partial charge in [-0.3, -0.25) is 0 Å². The zero-order valence-electron chi connectivity index (χ0n) is 11.2. The number of rotatable bonds is 3. The van der Waals surface area contributed by atoms with Crippen LogP contribution in [0.3, 0.4) is 0 Å². The number of nitrogens with zero attached hydrogens (tertiary/aromatic N) is 1. The lowest BCUT2D eigenvalue weighted by molar-refractivity contribution is 0.195. The summed E-state index contributed by atoms with van der Waals surface area (Å²) in [7, 11) is 0. The highest BCUT2D eigenvalue weighted by atomic mass is 35.5. The SMILES string of the molecule is Cc1ccc(Cl)c(Oc2cc(C#N)ccc2C(C)O)c1. The molecule has 0 aromatic heterocycles. The number of aryl methyl sites for hydroxylation is 1. The largest absolute Gasteiger partial charge is 0.455 e. The first-order valence-electron chi connectivity index (χ1n) is 6.17. The number of hydrogen-bond acceptors (Lipinski definition) is 3. The van der Waals surface area contributed by atoms with Crippen LogP contribution in [0.15, 0.2) is 36.4 Å². The second kappa shape index (κ2) is 5.96. The van der Waals surface area contributed by atoms with Gasteiger partial charge in [-0.2, -0.15) is 5.26 Å². The molecule has 1 atom stereocenters. The van der Waals surface area contributed by atoms with E-state index in [4.69, 9.17) is 21.6 Å². The monoisotopic (exact) mass is 287 g/mol. The Bertz CT molecular complexity index is 675. The second-order valence-corrected chi connectivity index (χ2v) is 4.98. The first-order valence-corrected chi connectivity index (χ1v) is 6.55. The van der Waals surface area contributed by atoms with Crippen molar-refractivity contribution in [1.29, 1.82) is 5.26 Å². The molecule has 0 heterocycles. The summed E-state index contributed by atoms with van der Waals surface area (Å²) < 4.78 is 5.78. The lowest BCUT2D eigenvalue weighted by atomic mass is 10.1. The van der Waals surface area contributed by atoms with Crippen LogP contribution in [0.2, 0.25) is 5.02 Å². The van der Waals surface area contributed by atoms with Crippen molar-refractivity contribution in [2.24, 2.45) is 0 Å². The molecule has 0 aliphatic carbocycles. The molecule has 3 nitrogen and oxygen atoms in total. The molecule has 102 valence electrons. The van der Waals surface area contributed by atoms with Gasteiger partial charge in [0, 0.05) is 5.56 Å². The Labute approximate surface area is 123 Å². The molecule has 0 saturated carbocycles. The zero-order valence-corrected chi connectivity index (χ0v) is 12.0. The Hall–Kier alpha value is -2.02. The Morgan fingerprint density at radius 2 is 1.95 bits per heavy atom. The van der Waals surface area contributed by atoms with Crippen molar-refractivity contribution >= 4 is 11.6 Å². The molecule has 2 aromatic rings. The highest BCUT2D eigenvalue weighted by Gasteiger charge is 2.12. The number of ether oxygens (including phenoxy) is 1. The average Bonchev–Trinajstić information content (AvgIpc) is 2.42. The van der Waals surface area contributed by atoms with Crippen LogP contribution in [-0.2, 0) is 0 Å². The number of aliphatic hydroxyl groups excluding tert-OH is 1. The van der Waals surface area contributed by atoms with Crippen molar-refractivity contribution in [1.82, 2.24) is 0 Å². The van der Waals surface area contributed by atoms with Gasteiger partial charge in [-0.05, 0) is 43.7 Å². The van der Waals surface area contributed by atoms with Gasteiger partial charge in [-0.1, -0.05) is 23.7 Å². The first-order chi connectivity index (χ1) is 9.51. The van der Waals surface area contributed by atoms with E-state index in [-0.39, 0.29) is 0 Å². The Morgan fingerprint density at radius 3 is 2.60 bits per heavy atom. The topological polar surface area (TPSA) is 53.2 Å². The molecule has 1 unspecified atom stereocenters. The van der Waals surface area contributed by atoms with Gasteiger partial charge >= 0.3 is 0 Å². The summed E-state index contributed by atoms with van der Waals surface area (Å²) in [6.45, 7) is 3.58. The van der Waals surface area contributed by atoms with Crippen LogP contribution in [0.25, 0.3) is 0 Å². The number of benzene rings is 2.